The zero-order chi connectivity index (χ0) is 105. The topological polar surface area (TPSA) is 412 Å². The first kappa shape index (κ1) is 110. The number of hydrogen-bond donors (Lipinski definition) is 9. The van der Waals surface area contributed by atoms with Crippen molar-refractivity contribution in [3.05, 3.63) is 421 Å². The number of aromatic carboxylic acids is 2. The first-order valence-electron chi connectivity index (χ1n) is 45.2. The second kappa shape index (κ2) is 53.6. The summed E-state index contributed by atoms with van der Waals surface area (Å²) in [7, 11) is 1.35. The number of ketones is 3. The van der Waals surface area contributed by atoms with Gasteiger partial charge in [-0.05, 0) is 235 Å². The zero-order valence-electron chi connectivity index (χ0n) is 81.9. The molecule has 10 aromatic carbocycles. The minimum absolute atomic E-state index is 0.0625. The molecule has 0 spiro atoms. The summed E-state index contributed by atoms with van der Waals surface area (Å²) in [4.78, 5) is 135. The summed E-state index contributed by atoms with van der Waals surface area (Å²) in [6.07, 6.45) is 5.65. The van der Waals surface area contributed by atoms with Crippen molar-refractivity contribution in [2.45, 2.75) is 134 Å². The van der Waals surface area contributed by atoms with Crippen molar-refractivity contribution in [2.24, 2.45) is 0 Å². The smallest absolute Gasteiger partial charge is 0.337 e. The maximum Gasteiger partial charge on any atom is 0.337 e. The lowest BCUT2D eigenvalue weighted by Crippen LogP contribution is -2.13. The van der Waals surface area contributed by atoms with Gasteiger partial charge in [-0.1, -0.05) is 146 Å². The van der Waals surface area contributed by atoms with Crippen LogP contribution in [-0.4, -0.2) is 102 Å². The van der Waals surface area contributed by atoms with Crippen LogP contribution in [0.5, 0.6) is 0 Å². The van der Waals surface area contributed by atoms with Gasteiger partial charge >= 0.3 is 17.9 Å². The SMILES string of the molecule is CC(=O)CC(C)=O.COC(=O)c1ccc(CCC=O)cc1.Cc1nn(-c2ccccc2)c(C)c1Cc1ccc(C(=O)Nc2ccccc2N)cc1.Cc1nn(-c2ccccc2)c(C)c1Cc1ccc(C(=O)O)cc1.[C-]#[N+]c1c(N)sc(Cc2ccc(C(C)=O)cc2)c1C.[C-]#[N+]c1c(NC(C)=O)sc(Cc2ccc(C(=O)Nc3ccccc3N)cc2)c1C.[C-]#[N+]c1c(NC(C)=O)sc(Cc2ccc(C(=O)O)cc2)c1C. The van der Waals surface area contributed by atoms with Gasteiger partial charge < -0.3 is 58.2 Å². The Morgan fingerprint density at radius 1 is 0.389 bits per heavy atom. The number of benzene rings is 10. The van der Waals surface area contributed by atoms with Gasteiger partial charge in [0.05, 0.1) is 100 Å². The fraction of sp³-hybridized carbons (Fsp3) is 0.186. The summed E-state index contributed by atoms with van der Waals surface area (Å²) in [5.41, 5.74) is 42.0. The number of para-hydroxylation sites is 6. The summed E-state index contributed by atoms with van der Waals surface area (Å²) in [5, 5.41) is 40.0. The highest BCUT2D eigenvalue weighted by molar-refractivity contribution is 7.18. The predicted molar refractivity (Wildman–Crippen MR) is 571 cm³/mol. The van der Waals surface area contributed by atoms with E-state index in [-0.39, 0.29) is 58.9 Å². The molecule has 5 aromatic heterocycles. The number of nitrogens with one attached hydrogen (secondary N) is 4. The number of nitrogen functional groups attached to an aromatic ring is 3. The van der Waals surface area contributed by atoms with Crippen LogP contribution in [0.3, 0.4) is 0 Å². The van der Waals surface area contributed by atoms with E-state index in [4.69, 9.17) is 52.2 Å². The highest BCUT2D eigenvalue weighted by atomic mass is 32.1. The molecule has 15 aromatic rings. The van der Waals surface area contributed by atoms with Crippen LogP contribution < -0.4 is 38.5 Å². The summed E-state index contributed by atoms with van der Waals surface area (Å²) in [5.74, 6) is -3.07. The first-order valence-corrected chi connectivity index (χ1v) is 47.6. The maximum absolute atomic E-state index is 12.5. The fourth-order valence-corrected chi connectivity index (χ4v) is 18.1. The summed E-state index contributed by atoms with van der Waals surface area (Å²) in [6.45, 7) is 42.8. The number of rotatable bonds is 27. The Morgan fingerprint density at radius 2 is 0.701 bits per heavy atom. The van der Waals surface area contributed by atoms with Crippen molar-refractivity contribution in [2.75, 3.05) is 45.6 Å². The van der Waals surface area contributed by atoms with Crippen LogP contribution in [0.15, 0.2) is 255 Å². The number of carboxylic acids is 2. The molecule has 0 radical (unpaired) electrons. The van der Waals surface area contributed by atoms with Gasteiger partial charge in [0.1, 0.15) is 27.9 Å². The number of ether oxygens (including phenoxy) is 1. The Labute approximate surface area is 848 Å². The molecule has 0 bridgehead atoms. The van der Waals surface area contributed by atoms with Gasteiger partial charge in [-0.3, -0.25) is 33.6 Å². The molecule has 28 nitrogen and oxygen atoms in total. The average Bonchev–Trinajstić information content (AvgIpc) is 1.68. The number of nitrogens with zero attached hydrogens (tertiary/aromatic N) is 7. The second-order valence-corrected chi connectivity index (χ2v) is 36.4. The van der Waals surface area contributed by atoms with Crippen LogP contribution in [0.4, 0.5) is 54.8 Å². The van der Waals surface area contributed by atoms with E-state index >= 15 is 0 Å². The molecule has 0 saturated carbocycles. The number of methoxy groups -OCH3 is 1. The Balaban J connectivity index is 0.000000192. The number of aromatic nitrogens is 4. The van der Waals surface area contributed by atoms with Gasteiger partial charge in [-0.25, -0.2) is 38.3 Å². The highest BCUT2D eigenvalue weighted by Crippen LogP contribution is 2.43. The number of carboxylic acid groups (broad SMARTS) is 2. The molecule has 0 fully saturated rings. The summed E-state index contributed by atoms with van der Waals surface area (Å²) < 4.78 is 8.50. The number of Topliss-reactive ketones (excluding diaryl/α,β-unsaturated/α-hetero) is 3. The minimum Gasteiger partial charge on any atom is -0.478 e. The molecule has 0 aliphatic heterocycles. The van der Waals surface area contributed by atoms with Gasteiger partial charge in [0.25, 0.3) is 11.8 Å². The van der Waals surface area contributed by atoms with E-state index in [0.29, 0.717) is 108 Å². The van der Waals surface area contributed by atoms with E-state index in [0.717, 1.165) is 124 Å². The van der Waals surface area contributed by atoms with E-state index in [2.05, 4.69) is 71.6 Å². The molecule has 4 amide bonds. The van der Waals surface area contributed by atoms with Crippen molar-refractivity contribution in [1.82, 2.24) is 19.6 Å². The molecule has 0 saturated heterocycles. The molecule has 12 N–H and O–H groups in total. The fourth-order valence-electron chi connectivity index (χ4n) is 14.6. The van der Waals surface area contributed by atoms with Crippen molar-refractivity contribution in [3.8, 4) is 11.4 Å². The Bertz CT molecular complexity index is 7240. The Morgan fingerprint density at radius 3 is 1.01 bits per heavy atom. The third-order valence-corrected chi connectivity index (χ3v) is 25.9. The lowest BCUT2D eigenvalue weighted by Gasteiger charge is -2.09. The molecule has 734 valence electrons. The number of hydrogen-bond acceptors (Lipinski definition) is 20. The van der Waals surface area contributed by atoms with Crippen LogP contribution in [0.1, 0.15) is 208 Å². The lowest BCUT2D eigenvalue weighted by atomic mass is 10.0. The number of carbonyl (C=O) groups is 11. The van der Waals surface area contributed by atoms with Crippen LogP contribution >= 0.6 is 34.0 Å². The normalized spacial score (nSPS) is 10.2. The number of aldehydes is 1. The highest BCUT2D eigenvalue weighted by Gasteiger charge is 2.23. The van der Waals surface area contributed by atoms with Crippen molar-refractivity contribution < 1.29 is 67.7 Å². The first-order chi connectivity index (χ1) is 68.8. The van der Waals surface area contributed by atoms with Gasteiger partial charge in [0.2, 0.25) is 28.9 Å². The Hall–Kier alpha value is -17.4. The lowest BCUT2D eigenvalue weighted by molar-refractivity contribution is -0.125. The zero-order valence-corrected chi connectivity index (χ0v) is 84.3. The molecule has 15 rings (SSSR count). The van der Waals surface area contributed by atoms with Crippen molar-refractivity contribution >= 4 is 154 Å². The third kappa shape index (κ3) is 31.8. The van der Waals surface area contributed by atoms with Crippen LogP contribution in [0, 0.1) is 68.2 Å². The summed E-state index contributed by atoms with van der Waals surface area (Å²) >= 11 is 4.26. The third-order valence-electron chi connectivity index (χ3n) is 22.4. The molecule has 144 heavy (non-hydrogen) atoms. The van der Waals surface area contributed by atoms with Gasteiger partial charge in [-0.2, -0.15) is 10.2 Å². The quantitative estimate of drug-likeness (QED) is 0.00576. The predicted octanol–water partition coefficient (Wildman–Crippen LogP) is 23.7. The Kier molecular flexibility index (Phi) is 41.1. The number of amides is 4. The second-order valence-electron chi connectivity index (χ2n) is 33.1. The van der Waals surface area contributed by atoms with E-state index in [9.17, 15) is 52.7 Å². The molecule has 0 unspecified atom stereocenters. The van der Waals surface area contributed by atoms with Gasteiger partial charge in [0, 0.05) is 106 Å². The van der Waals surface area contributed by atoms with Crippen LogP contribution in [0.2, 0.25) is 0 Å². The van der Waals surface area contributed by atoms with Crippen LogP contribution in [0.25, 0.3) is 25.9 Å². The van der Waals surface area contributed by atoms with E-state index in [1.54, 1.807) is 91.9 Å². The number of thiophene rings is 3. The van der Waals surface area contributed by atoms with Crippen LogP contribution in [-0.2, 0) is 67.2 Å². The molecule has 0 atom stereocenters. The molecule has 31 heteroatoms. The summed E-state index contributed by atoms with van der Waals surface area (Å²) in [6, 6.07) is 77.7. The average molecular weight is 1980 g/mol. The molecular formula is C113H110N14O14S3. The van der Waals surface area contributed by atoms with Crippen molar-refractivity contribution in [3.63, 3.8) is 0 Å². The van der Waals surface area contributed by atoms with Gasteiger partial charge in [-0.15, -0.1) is 34.0 Å². The van der Waals surface area contributed by atoms with E-state index in [1.807, 2.05) is 202 Å². The number of anilines is 7. The maximum atomic E-state index is 12.5. The molecule has 0 aliphatic carbocycles. The monoisotopic (exact) mass is 1980 g/mol. The van der Waals surface area contributed by atoms with Crippen molar-refractivity contribution in [1.29, 1.82) is 0 Å². The number of aryl methyl sites for hydroxylation is 3. The molecule has 0 aliphatic rings. The molecular weight excluding hydrogens is 1870 g/mol. The molecule has 5 heterocycles. The number of esters is 1. The van der Waals surface area contributed by atoms with Gasteiger partial charge in [0.15, 0.2) is 5.78 Å². The number of nitrogens with two attached hydrogens (primary N) is 3. The van der Waals surface area contributed by atoms with E-state index in [1.165, 1.54) is 79.9 Å². The van der Waals surface area contributed by atoms with E-state index < -0.39 is 11.9 Å². The number of carbonyl (C=O) groups excluding carboxylic acids is 9. The largest absolute Gasteiger partial charge is 0.478 e. The minimum atomic E-state index is -0.956. The standard InChI is InChI=1S/C25H24N4O.C22H20N4O2S.C19H18N2O2.C16H14N2O3S.C15H14N2OS.C11H12O3.C5H8O2/c1-17-22(18(2)29(28-17)21-8-4-3-5-9-21)16-19-12-14-20(15-13-19)25(30)27-24-11-7-6-10-23(24)26;1-13-19(29-22(20(13)24-3)25-14(2)27)12-15-8-10-16(11-9-15)21(28)26-18-7-5-4-6-17(18)23;1-13-18(12-15-8-10-16(11-9-15)19(22)23)14(2)21(20-13)17-6-4-3-5-7-17;1-9-13(22-15(14(9)17-3)18-10(2)19)8-11-4-6-12(7-5-11)16(20)21;1-9-13(19-15(16)14(9)17-3)8-11-4-6-12(7-5-11)10(2)18;1-14-11(13)10-6-4-9(5-7-10)3-2-8-12;1-4(6)3-5(2)7/h3-15H,16,26H2,1-2H3,(H,27,30);4-11H,12,23H2,1-2H3,(H,25,27)(H,26,28);3-11H,12H2,1-2H3,(H,22,23);4-7H,8H2,1-2H3,(H,18,19)(H,20,21);4-7H,8,16H2,1-2H3;4-8H,2-3H2,1H3;3H2,1-2H3.